The van der Waals surface area contributed by atoms with E-state index in [1.807, 2.05) is 30.0 Å². The van der Waals surface area contributed by atoms with E-state index < -0.39 is 0 Å². The zero-order chi connectivity index (χ0) is 14.5. The van der Waals surface area contributed by atoms with E-state index in [0.717, 1.165) is 48.5 Å². The quantitative estimate of drug-likeness (QED) is 0.795. The maximum atomic E-state index is 12.6. The lowest BCUT2D eigenvalue weighted by Crippen LogP contribution is -2.38. The van der Waals surface area contributed by atoms with Crippen molar-refractivity contribution >= 4 is 5.91 Å². The minimum atomic E-state index is 0.130. The summed E-state index contributed by atoms with van der Waals surface area (Å²) in [6.45, 7) is 6.26. The highest BCUT2D eigenvalue weighted by Crippen LogP contribution is 2.20. The van der Waals surface area contributed by atoms with Gasteiger partial charge in [-0.1, -0.05) is 24.8 Å². The van der Waals surface area contributed by atoms with Gasteiger partial charge in [-0.05, 0) is 43.4 Å². The lowest BCUT2D eigenvalue weighted by Gasteiger charge is -2.30. The van der Waals surface area contributed by atoms with E-state index in [1.54, 1.807) is 0 Å². The van der Waals surface area contributed by atoms with Gasteiger partial charge in [0.1, 0.15) is 0 Å². The summed E-state index contributed by atoms with van der Waals surface area (Å²) < 4.78 is 0. The SMILES string of the molecule is Cc1c(C#CCN)cccc1C(=O)N1CCC(C)CC1. The minimum Gasteiger partial charge on any atom is -0.339 e. The van der Waals surface area contributed by atoms with Crippen LogP contribution in [-0.2, 0) is 0 Å². The fourth-order valence-corrected chi connectivity index (χ4v) is 2.53. The van der Waals surface area contributed by atoms with E-state index in [4.69, 9.17) is 5.73 Å². The summed E-state index contributed by atoms with van der Waals surface area (Å²) in [5.74, 6) is 6.74. The Morgan fingerprint density at radius 2 is 2.10 bits per heavy atom. The normalized spacial score (nSPS) is 15.7. The van der Waals surface area contributed by atoms with E-state index >= 15 is 0 Å². The Labute approximate surface area is 121 Å². The van der Waals surface area contributed by atoms with Crippen LogP contribution in [0.1, 0.15) is 41.3 Å². The van der Waals surface area contributed by atoms with Crippen LogP contribution in [-0.4, -0.2) is 30.4 Å². The van der Waals surface area contributed by atoms with Gasteiger partial charge in [-0.15, -0.1) is 0 Å². The monoisotopic (exact) mass is 270 g/mol. The van der Waals surface area contributed by atoms with Crippen molar-refractivity contribution in [2.45, 2.75) is 26.7 Å². The molecule has 0 aromatic heterocycles. The number of likely N-dealkylation sites (tertiary alicyclic amines) is 1. The minimum absolute atomic E-state index is 0.130. The van der Waals surface area contributed by atoms with Crippen LogP contribution in [0.5, 0.6) is 0 Å². The zero-order valence-corrected chi connectivity index (χ0v) is 12.3. The number of hydrogen-bond acceptors (Lipinski definition) is 2. The van der Waals surface area contributed by atoms with Crippen molar-refractivity contribution in [3.05, 3.63) is 34.9 Å². The molecule has 0 radical (unpaired) electrons. The summed E-state index contributed by atoms with van der Waals surface area (Å²) in [7, 11) is 0. The van der Waals surface area contributed by atoms with Crippen LogP contribution in [0, 0.1) is 24.7 Å². The molecule has 2 N–H and O–H groups in total. The molecule has 0 saturated carbocycles. The molecule has 1 fully saturated rings. The molecule has 20 heavy (non-hydrogen) atoms. The fourth-order valence-electron chi connectivity index (χ4n) is 2.53. The Balaban J connectivity index is 2.22. The number of carbonyl (C=O) groups is 1. The summed E-state index contributed by atoms with van der Waals surface area (Å²) in [6.07, 6.45) is 2.19. The van der Waals surface area contributed by atoms with Gasteiger partial charge in [0.05, 0.1) is 6.54 Å². The van der Waals surface area contributed by atoms with Crippen LogP contribution in [0.15, 0.2) is 18.2 Å². The second-order valence-electron chi connectivity index (χ2n) is 5.46. The first kappa shape index (κ1) is 14.6. The molecule has 2 rings (SSSR count). The molecule has 0 spiro atoms. The number of benzene rings is 1. The predicted octanol–water partition coefficient (Wildman–Crippen LogP) is 2.18. The lowest BCUT2D eigenvalue weighted by molar-refractivity contribution is 0.0696. The second kappa shape index (κ2) is 6.58. The molecule has 1 aliphatic heterocycles. The summed E-state index contributed by atoms with van der Waals surface area (Å²) in [4.78, 5) is 14.6. The van der Waals surface area contributed by atoms with Crippen LogP contribution in [0.25, 0.3) is 0 Å². The first-order valence-corrected chi connectivity index (χ1v) is 7.21. The van der Waals surface area contributed by atoms with Gasteiger partial charge in [0.25, 0.3) is 5.91 Å². The van der Waals surface area contributed by atoms with Gasteiger partial charge in [0.2, 0.25) is 0 Å². The van der Waals surface area contributed by atoms with Crippen molar-refractivity contribution in [2.75, 3.05) is 19.6 Å². The standard InChI is InChI=1S/C17H22N2O/c1-13-8-11-19(12-9-13)17(20)16-7-3-5-15(14(16)2)6-4-10-18/h3,5,7,13H,8-12,18H2,1-2H3. The molecule has 0 aliphatic carbocycles. The van der Waals surface area contributed by atoms with Gasteiger partial charge in [0.15, 0.2) is 0 Å². The van der Waals surface area contributed by atoms with Gasteiger partial charge < -0.3 is 10.6 Å². The van der Waals surface area contributed by atoms with Crippen molar-refractivity contribution in [1.29, 1.82) is 0 Å². The lowest BCUT2D eigenvalue weighted by atomic mass is 9.97. The summed E-state index contributed by atoms with van der Waals surface area (Å²) >= 11 is 0. The Morgan fingerprint density at radius 1 is 1.40 bits per heavy atom. The maximum absolute atomic E-state index is 12.6. The fraction of sp³-hybridized carbons (Fsp3) is 0.471. The largest absolute Gasteiger partial charge is 0.339 e. The van der Waals surface area contributed by atoms with Gasteiger partial charge in [-0.3, -0.25) is 4.79 Å². The molecule has 1 saturated heterocycles. The van der Waals surface area contributed by atoms with E-state index in [-0.39, 0.29) is 5.91 Å². The van der Waals surface area contributed by atoms with Crippen molar-refractivity contribution in [2.24, 2.45) is 11.7 Å². The topological polar surface area (TPSA) is 46.3 Å². The van der Waals surface area contributed by atoms with Gasteiger partial charge in [-0.2, -0.15) is 0 Å². The number of hydrogen-bond donors (Lipinski definition) is 1. The van der Waals surface area contributed by atoms with Gasteiger partial charge in [0, 0.05) is 24.2 Å². The third kappa shape index (κ3) is 3.20. The van der Waals surface area contributed by atoms with Crippen LogP contribution < -0.4 is 5.73 Å². The molecule has 0 atom stereocenters. The molecule has 0 bridgehead atoms. The average Bonchev–Trinajstić information content (AvgIpc) is 2.46. The van der Waals surface area contributed by atoms with Crippen molar-refractivity contribution in [1.82, 2.24) is 4.90 Å². The third-order valence-electron chi connectivity index (χ3n) is 3.96. The van der Waals surface area contributed by atoms with Crippen molar-refractivity contribution in [3.63, 3.8) is 0 Å². The second-order valence-corrected chi connectivity index (χ2v) is 5.46. The van der Waals surface area contributed by atoms with E-state index in [0.29, 0.717) is 6.54 Å². The van der Waals surface area contributed by atoms with Crippen LogP contribution in [0.3, 0.4) is 0 Å². The van der Waals surface area contributed by atoms with Crippen molar-refractivity contribution in [3.8, 4) is 11.8 Å². The van der Waals surface area contributed by atoms with Crippen molar-refractivity contribution < 1.29 is 4.79 Å². The van der Waals surface area contributed by atoms with Crippen LogP contribution in [0.4, 0.5) is 0 Å². The summed E-state index contributed by atoms with van der Waals surface area (Å²) in [5.41, 5.74) is 8.02. The Morgan fingerprint density at radius 3 is 2.75 bits per heavy atom. The molecule has 106 valence electrons. The number of rotatable bonds is 1. The Kier molecular flexibility index (Phi) is 4.81. The molecule has 1 heterocycles. The maximum Gasteiger partial charge on any atom is 0.254 e. The number of amides is 1. The highest BCUT2D eigenvalue weighted by Gasteiger charge is 2.22. The van der Waals surface area contributed by atoms with E-state index in [1.165, 1.54) is 0 Å². The predicted molar refractivity (Wildman–Crippen MR) is 81.4 cm³/mol. The number of piperidine rings is 1. The average molecular weight is 270 g/mol. The highest BCUT2D eigenvalue weighted by atomic mass is 16.2. The molecule has 3 nitrogen and oxygen atoms in total. The molecule has 1 aliphatic rings. The van der Waals surface area contributed by atoms with Crippen LogP contribution in [0.2, 0.25) is 0 Å². The molecule has 1 aromatic rings. The third-order valence-corrected chi connectivity index (χ3v) is 3.96. The van der Waals surface area contributed by atoms with Gasteiger partial charge in [-0.25, -0.2) is 0 Å². The number of nitrogens with two attached hydrogens (primary N) is 1. The van der Waals surface area contributed by atoms with Gasteiger partial charge >= 0.3 is 0 Å². The first-order valence-electron chi connectivity index (χ1n) is 7.21. The summed E-state index contributed by atoms with van der Waals surface area (Å²) in [6, 6.07) is 5.73. The molecule has 0 unspecified atom stereocenters. The van der Waals surface area contributed by atoms with Crippen LogP contribution >= 0.6 is 0 Å². The van der Waals surface area contributed by atoms with E-state index in [2.05, 4.69) is 18.8 Å². The first-order chi connectivity index (χ1) is 9.63. The smallest absolute Gasteiger partial charge is 0.254 e. The Bertz CT molecular complexity index is 546. The molecular formula is C17H22N2O. The molecular weight excluding hydrogens is 248 g/mol. The van der Waals surface area contributed by atoms with E-state index in [9.17, 15) is 4.79 Å². The number of nitrogens with zero attached hydrogens (tertiary/aromatic N) is 1. The number of carbonyl (C=O) groups excluding carboxylic acids is 1. The zero-order valence-electron chi connectivity index (χ0n) is 12.3. The molecule has 1 amide bonds. The Hall–Kier alpha value is -1.79. The molecule has 1 aromatic carbocycles. The molecule has 3 heteroatoms. The highest BCUT2D eigenvalue weighted by molar-refractivity contribution is 5.96. The summed E-state index contributed by atoms with van der Waals surface area (Å²) in [5, 5.41) is 0.